The van der Waals surface area contributed by atoms with E-state index in [0.29, 0.717) is 11.8 Å². The van der Waals surface area contributed by atoms with Gasteiger partial charge in [0, 0.05) is 41.7 Å². The monoisotopic (exact) mass is 537 g/mol. The number of ether oxygens (including phenoxy) is 1. The number of urea groups is 1. The molecule has 0 bridgehead atoms. The molecule has 38 heavy (non-hydrogen) atoms. The summed E-state index contributed by atoms with van der Waals surface area (Å²) in [5.41, 5.74) is 2.15. The van der Waals surface area contributed by atoms with Crippen LogP contribution in [0.25, 0.3) is 0 Å². The Morgan fingerprint density at radius 2 is 1.63 bits per heavy atom. The van der Waals surface area contributed by atoms with Gasteiger partial charge in [0.05, 0.1) is 0 Å². The Bertz CT molecular complexity index is 1040. The lowest BCUT2D eigenvalue weighted by Gasteiger charge is -2.34. The van der Waals surface area contributed by atoms with Crippen LogP contribution in [0.15, 0.2) is 59.5 Å². The van der Waals surface area contributed by atoms with Gasteiger partial charge in [0.2, 0.25) is 0 Å². The first-order chi connectivity index (χ1) is 18.2. The maximum absolute atomic E-state index is 13.0. The van der Waals surface area contributed by atoms with Gasteiger partial charge in [-0.15, -0.1) is 11.8 Å². The van der Waals surface area contributed by atoms with Crippen LogP contribution in [0.4, 0.5) is 9.59 Å². The minimum Gasteiger partial charge on any atom is -0.444 e. The van der Waals surface area contributed by atoms with Crippen molar-refractivity contribution < 1.29 is 14.3 Å². The first kappa shape index (κ1) is 28.3. The van der Waals surface area contributed by atoms with Crippen molar-refractivity contribution in [3.05, 3.63) is 65.7 Å². The van der Waals surface area contributed by atoms with Crippen LogP contribution in [-0.2, 0) is 16.6 Å². The number of thioether (sulfide) groups is 1. The van der Waals surface area contributed by atoms with Crippen molar-refractivity contribution in [1.29, 1.82) is 0 Å². The Kier molecular flexibility index (Phi) is 9.64. The molecule has 2 fully saturated rings. The molecule has 2 N–H and O–H groups in total. The van der Waals surface area contributed by atoms with E-state index in [2.05, 4.69) is 65.2 Å². The second-order valence-electron chi connectivity index (χ2n) is 11.6. The predicted molar refractivity (Wildman–Crippen MR) is 155 cm³/mol. The normalized spacial score (nSPS) is 17.7. The van der Waals surface area contributed by atoms with Gasteiger partial charge in [0.1, 0.15) is 5.60 Å². The minimum atomic E-state index is -0.483. The summed E-state index contributed by atoms with van der Waals surface area (Å²) in [5.74, 6) is 0. The van der Waals surface area contributed by atoms with E-state index in [1.54, 1.807) is 0 Å². The minimum absolute atomic E-state index is 0.0833. The number of hydrogen-bond acceptors (Lipinski definition) is 4. The summed E-state index contributed by atoms with van der Waals surface area (Å²) < 4.78 is 5.28. The summed E-state index contributed by atoms with van der Waals surface area (Å²) in [4.78, 5) is 28.0. The molecular weight excluding hydrogens is 494 g/mol. The zero-order valence-electron chi connectivity index (χ0n) is 23.1. The average Bonchev–Trinajstić information content (AvgIpc) is 3.38. The molecule has 1 aliphatic heterocycles. The molecule has 7 heteroatoms. The summed E-state index contributed by atoms with van der Waals surface area (Å²) in [6.07, 6.45) is 7.16. The van der Waals surface area contributed by atoms with Gasteiger partial charge in [-0.25, -0.2) is 9.59 Å². The number of carbonyl (C=O) groups is 2. The summed E-state index contributed by atoms with van der Waals surface area (Å²) in [6, 6.07) is 19.4. The smallest absolute Gasteiger partial charge is 0.407 e. The Balaban J connectivity index is 1.17. The van der Waals surface area contributed by atoms with E-state index < -0.39 is 5.60 Å². The van der Waals surface area contributed by atoms with E-state index in [4.69, 9.17) is 4.74 Å². The highest BCUT2D eigenvalue weighted by atomic mass is 32.2. The number of piperidine rings is 1. The van der Waals surface area contributed by atoms with Gasteiger partial charge in [0.25, 0.3) is 0 Å². The topological polar surface area (TPSA) is 70.7 Å². The number of benzene rings is 2. The second-order valence-corrected chi connectivity index (χ2v) is 13.0. The molecule has 1 heterocycles. The lowest BCUT2D eigenvalue weighted by atomic mass is 9.79. The van der Waals surface area contributed by atoms with Gasteiger partial charge in [0.15, 0.2) is 0 Å². The summed E-state index contributed by atoms with van der Waals surface area (Å²) in [5, 5.41) is 6.62. The van der Waals surface area contributed by atoms with Crippen LogP contribution >= 0.6 is 11.8 Å². The van der Waals surface area contributed by atoms with Gasteiger partial charge < -0.3 is 20.3 Å². The van der Waals surface area contributed by atoms with E-state index in [-0.39, 0.29) is 17.5 Å². The number of nitrogens with zero attached hydrogens (tertiary/aromatic N) is 1. The molecule has 1 saturated heterocycles. The van der Waals surface area contributed by atoms with Crippen molar-refractivity contribution in [2.75, 3.05) is 26.2 Å². The average molecular weight is 538 g/mol. The van der Waals surface area contributed by atoms with Gasteiger partial charge in [-0.1, -0.05) is 55.3 Å². The molecule has 1 saturated carbocycles. The van der Waals surface area contributed by atoms with E-state index in [1.165, 1.54) is 28.9 Å². The highest BCUT2D eigenvalue weighted by molar-refractivity contribution is 8.00. The molecule has 2 aromatic rings. The molecule has 2 aromatic carbocycles. The molecule has 4 rings (SSSR count). The van der Waals surface area contributed by atoms with E-state index in [9.17, 15) is 9.59 Å². The third-order valence-electron chi connectivity index (χ3n) is 7.56. The lowest BCUT2D eigenvalue weighted by molar-refractivity contribution is 0.0528. The molecule has 2 aliphatic rings. The predicted octanol–water partition coefficient (Wildman–Crippen LogP) is 6.53. The first-order valence-corrected chi connectivity index (χ1v) is 14.9. The van der Waals surface area contributed by atoms with Crippen molar-refractivity contribution in [1.82, 2.24) is 15.5 Å². The van der Waals surface area contributed by atoms with E-state index in [0.717, 1.165) is 51.7 Å². The van der Waals surface area contributed by atoms with Crippen molar-refractivity contribution in [3.63, 3.8) is 0 Å². The fraction of sp³-hybridized carbons (Fsp3) is 0.548. The van der Waals surface area contributed by atoms with Gasteiger partial charge in [-0.05, 0) is 76.1 Å². The van der Waals surface area contributed by atoms with Crippen molar-refractivity contribution in [3.8, 4) is 0 Å². The lowest BCUT2D eigenvalue weighted by Crippen LogP contribution is -2.48. The molecule has 206 valence electrons. The van der Waals surface area contributed by atoms with Crippen molar-refractivity contribution in [2.24, 2.45) is 0 Å². The van der Waals surface area contributed by atoms with Crippen LogP contribution in [0.1, 0.15) is 70.4 Å². The quantitative estimate of drug-likeness (QED) is 0.402. The fourth-order valence-corrected chi connectivity index (χ4v) is 6.62. The van der Waals surface area contributed by atoms with Crippen LogP contribution in [-0.4, -0.2) is 54.1 Å². The Morgan fingerprint density at radius 1 is 0.974 bits per heavy atom. The zero-order valence-corrected chi connectivity index (χ0v) is 23.9. The van der Waals surface area contributed by atoms with Crippen molar-refractivity contribution >= 4 is 23.9 Å². The molecular formula is C31H43N3O3S. The van der Waals surface area contributed by atoms with Gasteiger partial charge >= 0.3 is 12.1 Å². The Hall–Kier alpha value is -2.67. The van der Waals surface area contributed by atoms with Crippen LogP contribution in [0.5, 0.6) is 0 Å². The van der Waals surface area contributed by atoms with Crippen molar-refractivity contribution in [2.45, 2.75) is 86.9 Å². The number of hydrogen-bond donors (Lipinski definition) is 2. The maximum atomic E-state index is 13.0. The standard InChI is InChI=1S/C31H43N3O3S/c1-30(2,3)37-29(36)32-20-15-24-11-13-26(14-12-24)38-27-16-21-34(22-17-27)28(35)33-23-31(18-7-8-19-31)25-9-5-4-6-10-25/h4-6,9-14,27H,7-8,15-23H2,1-3H3,(H,32,36)(H,33,35). The number of carbonyl (C=O) groups excluding carboxylic acids is 2. The summed E-state index contributed by atoms with van der Waals surface area (Å²) in [6.45, 7) is 8.46. The molecule has 1 aliphatic carbocycles. The molecule has 0 spiro atoms. The first-order valence-electron chi connectivity index (χ1n) is 14.0. The van der Waals surface area contributed by atoms with Crippen LogP contribution in [0.3, 0.4) is 0 Å². The SMILES string of the molecule is CC(C)(C)OC(=O)NCCc1ccc(SC2CCN(C(=O)NCC3(c4ccccc4)CCCC3)CC2)cc1. The third kappa shape index (κ3) is 8.16. The Labute approximate surface area is 232 Å². The molecule has 0 radical (unpaired) electrons. The van der Waals surface area contributed by atoms with Crippen LogP contribution in [0, 0.1) is 0 Å². The van der Waals surface area contributed by atoms with E-state index in [1.807, 2.05) is 37.4 Å². The van der Waals surface area contributed by atoms with Crippen LogP contribution < -0.4 is 10.6 Å². The second kappa shape index (κ2) is 12.9. The van der Waals surface area contributed by atoms with Gasteiger partial charge in [-0.3, -0.25) is 0 Å². The molecule has 0 atom stereocenters. The molecule has 3 amide bonds. The fourth-order valence-electron chi connectivity index (χ4n) is 5.49. The number of amides is 3. The third-order valence-corrected chi connectivity index (χ3v) is 8.91. The number of nitrogens with one attached hydrogen (secondary N) is 2. The van der Waals surface area contributed by atoms with Crippen LogP contribution in [0.2, 0.25) is 0 Å². The number of rotatable bonds is 8. The zero-order chi connectivity index (χ0) is 27.0. The highest BCUT2D eigenvalue weighted by Gasteiger charge is 2.36. The van der Waals surface area contributed by atoms with E-state index >= 15 is 0 Å². The molecule has 0 aromatic heterocycles. The number of alkyl carbamates (subject to hydrolysis) is 1. The molecule has 0 unspecified atom stereocenters. The maximum Gasteiger partial charge on any atom is 0.407 e. The van der Waals surface area contributed by atoms with Gasteiger partial charge in [-0.2, -0.15) is 0 Å². The largest absolute Gasteiger partial charge is 0.444 e. The summed E-state index contributed by atoms with van der Waals surface area (Å²) in [7, 11) is 0. The Morgan fingerprint density at radius 3 is 2.26 bits per heavy atom. The molecule has 6 nitrogen and oxygen atoms in total. The number of likely N-dealkylation sites (tertiary alicyclic amines) is 1. The highest BCUT2D eigenvalue weighted by Crippen LogP contribution is 2.40. The summed E-state index contributed by atoms with van der Waals surface area (Å²) >= 11 is 1.90.